The van der Waals surface area contributed by atoms with E-state index in [1.54, 1.807) is 11.0 Å². The molecule has 1 amide bonds. The Bertz CT molecular complexity index is 971. The van der Waals surface area contributed by atoms with Crippen molar-refractivity contribution < 1.29 is 4.79 Å². The summed E-state index contributed by atoms with van der Waals surface area (Å²) in [5.74, 6) is 1.86. The van der Waals surface area contributed by atoms with Crippen LogP contribution in [-0.4, -0.2) is 32.7 Å². The number of hydrogen-bond acceptors (Lipinski definition) is 3. The highest BCUT2D eigenvalue weighted by molar-refractivity contribution is 6.24. The summed E-state index contributed by atoms with van der Waals surface area (Å²) in [6.07, 6.45) is 6.06. The van der Waals surface area contributed by atoms with Gasteiger partial charge in [-0.25, -0.2) is 4.98 Å². The minimum atomic E-state index is -0.322. The van der Waals surface area contributed by atoms with Crippen molar-refractivity contribution in [2.75, 3.05) is 7.05 Å². The van der Waals surface area contributed by atoms with Gasteiger partial charge in [0.1, 0.15) is 5.82 Å². The fourth-order valence-corrected chi connectivity index (χ4v) is 7.00. The van der Waals surface area contributed by atoms with Crippen LogP contribution in [0.15, 0.2) is 29.1 Å². The Balaban J connectivity index is 1.41. The lowest BCUT2D eigenvalue weighted by Gasteiger charge is -2.59. The van der Waals surface area contributed by atoms with Gasteiger partial charge in [-0.1, -0.05) is 12.1 Å². The van der Waals surface area contributed by atoms with Crippen LogP contribution in [0.1, 0.15) is 44.3 Å². The van der Waals surface area contributed by atoms with Gasteiger partial charge in [0, 0.05) is 11.9 Å². The van der Waals surface area contributed by atoms with Gasteiger partial charge in [0.05, 0.1) is 22.9 Å². The number of amides is 1. The van der Waals surface area contributed by atoms with E-state index in [4.69, 9.17) is 11.6 Å². The van der Waals surface area contributed by atoms with Gasteiger partial charge >= 0.3 is 0 Å². The molecular weight excluding hydrogens is 362 g/mol. The molecule has 0 spiro atoms. The standard InChI is InChI=1S/C21H24ClN3O2/c1-25(11-17-23-16-5-3-2-4-15(16)18(26)24-17)19(27)20-7-13-6-14(8-20)10-21(22,9-13)12-20/h2-5,13-14H,6-12H2,1H3,(H,23,24,26). The number of halogens is 1. The van der Waals surface area contributed by atoms with E-state index in [-0.39, 0.29) is 21.8 Å². The van der Waals surface area contributed by atoms with Crippen LogP contribution in [-0.2, 0) is 11.3 Å². The average molecular weight is 386 g/mol. The van der Waals surface area contributed by atoms with Crippen molar-refractivity contribution in [3.8, 4) is 0 Å². The summed E-state index contributed by atoms with van der Waals surface area (Å²) in [6, 6.07) is 7.27. The highest BCUT2D eigenvalue weighted by Gasteiger charge is 2.60. The number of carbonyl (C=O) groups is 1. The average Bonchev–Trinajstić information content (AvgIpc) is 2.59. The third-order valence-electron chi connectivity index (χ3n) is 6.84. The molecular formula is C21H24ClN3O2. The summed E-state index contributed by atoms with van der Waals surface area (Å²) in [7, 11) is 1.82. The summed E-state index contributed by atoms with van der Waals surface area (Å²) in [5.41, 5.74) is 0.176. The smallest absolute Gasteiger partial charge is 0.258 e. The minimum absolute atomic E-state index is 0.161. The monoisotopic (exact) mass is 385 g/mol. The van der Waals surface area contributed by atoms with E-state index in [2.05, 4.69) is 9.97 Å². The molecule has 2 atom stereocenters. The van der Waals surface area contributed by atoms with Crippen LogP contribution in [0.25, 0.3) is 10.9 Å². The van der Waals surface area contributed by atoms with Gasteiger partial charge in [-0.05, 0) is 62.5 Å². The second kappa shape index (κ2) is 5.81. The van der Waals surface area contributed by atoms with Gasteiger partial charge in [0.2, 0.25) is 5.91 Å². The van der Waals surface area contributed by atoms with Crippen LogP contribution in [0.3, 0.4) is 0 Å². The number of aromatic nitrogens is 2. The molecule has 27 heavy (non-hydrogen) atoms. The zero-order valence-electron chi connectivity index (χ0n) is 15.5. The van der Waals surface area contributed by atoms with Gasteiger partial charge in [-0.15, -0.1) is 11.6 Å². The summed E-state index contributed by atoms with van der Waals surface area (Å²) in [6.45, 7) is 0.311. The molecule has 0 aliphatic heterocycles. The Morgan fingerprint density at radius 2 is 1.96 bits per heavy atom. The van der Waals surface area contributed by atoms with E-state index >= 15 is 0 Å². The Morgan fingerprint density at radius 1 is 1.26 bits per heavy atom. The lowest BCUT2D eigenvalue weighted by atomic mass is 9.49. The second-order valence-electron chi connectivity index (χ2n) is 9.08. The first-order valence-electron chi connectivity index (χ1n) is 9.78. The van der Waals surface area contributed by atoms with Crippen molar-refractivity contribution in [3.05, 3.63) is 40.4 Å². The maximum atomic E-state index is 13.4. The summed E-state index contributed by atoms with van der Waals surface area (Å²) >= 11 is 6.88. The van der Waals surface area contributed by atoms with Crippen molar-refractivity contribution in [1.29, 1.82) is 0 Å². The maximum absolute atomic E-state index is 13.4. The van der Waals surface area contributed by atoms with Crippen LogP contribution in [0.2, 0.25) is 0 Å². The number of carbonyl (C=O) groups excluding carboxylic acids is 1. The van der Waals surface area contributed by atoms with Crippen molar-refractivity contribution in [1.82, 2.24) is 14.9 Å². The van der Waals surface area contributed by atoms with E-state index in [9.17, 15) is 9.59 Å². The molecule has 6 heteroatoms. The number of nitrogens with zero attached hydrogens (tertiary/aromatic N) is 2. The minimum Gasteiger partial charge on any atom is -0.338 e. The fourth-order valence-electron chi connectivity index (χ4n) is 6.31. The van der Waals surface area contributed by atoms with Gasteiger partial charge in [-0.3, -0.25) is 9.59 Å². The molecule has 0 saturated heterocycles. The molecule has 4 aliphatic carbocycles. The molecule has 4 bridgehead atoms. The summed E-state index contributed by atoms with van der Waals surface area (Å²) in [5, 5.41) is 0.570. The molecule has 4 aliphatic rings. The first-order chi connectivity index (χ1) is 12.9. The van der Waals surface area contributed by atoms with Crippen LogP contribution < -0.4 is 5.56 Å². The number of nitrogens with one attached hydrogen (secondary N) is 1. The van der Waals surface area contributed by atoms with Gasteiger partial charge < -0.3 is 9.88 Å². The van der Waals surface area contributed by atoms with Gasteiger partial charge in [0.25, 0.3) is 5.56 Å². The molecule has 1 aromatic heterocycles. The maximum Gasteiger partial charge on any atom is 0.258 e. The van der Waals surface area contributed by atoms with Gasteiger partial charge in [-0.2, -0.15) is 0 Å². The highest BCUT2D eigenvalue weighted by Crippen LogP contribution is 2.64. The van der Waals surface area contributed by atoms with Crippen LogP contribution in [0.5, 0.6) is 0 Å². The Labute approximate surface area is 163 Å². The number of para-hydroxylation sites is 1. The Kier molecular flexibility index (Phi) is 3.71. The molecule has 6 rings (SSSR count). The summed E-state index contributed by atoms with van der Waals surface area (Å²) in [4.78, 5) is 34.7. The first-order valence-corrected chi connectivity index (χ1v) is 10.2. The fraction of sp³-hybridized carbons (Fsp3) is 0.571. The number of benzene rings is 1. The molecule has 1 N–H and O–H groups in total. The second-order valence-corrected chi connectivity index (χ2v) is 9.89. The first kappa shape index (κ1) is 17.2. The molecule has 142 valence electrons. The SMILES string of the molecule is CN(Cc1nc2ccccc2c(=O)[nH]1)C(=O)C12CC3CC(CC(Cl)(C3)C1)C2. The number of hydrogen-bond donors (Lipinski definition) is 1. The zero-order chi connectivity index (χ0) is 18.8. The molecule has 2 aromatic rings. The predicted molar refractivity (Wildman–Crippen MR) is 105 cm³/mol. The van der Waals surface area contributed by atoms with E-state index in [1.165, 1.54) is 6.42 Å². The number of aromatic amines is 1. The Morgan fingerprint density at radius 3 is 2.67 bits per heavy atom. The quantitative estimate of drug-likeness (QED) is 0.823. The largest absolute Gasteiger partial charge is 0.338 e. The van der Waals surface area contributed by atoms with E-state index in [1.807, 2.05) is 25.2 Å². The topological polar surface area (TPSA) is 66.1 Å². The van der Waals surface area contributed by atoms with Crippen molar-refractivity contribution in [2.45, 2.75) is 49.9 Å². The molecule has 1 heterocycles. The summed E-state index contributed by atoms with van der Waals surface area (Å²) < 4.78 is 0. The third kappa shape index (κ3) is 2.78. The molecule has 5 nitrogen and oxygen atoms in total. The van der Waals surface area contributed by atoms with Crippen LogP contribution in [0.4, 0.5) is 0 Å². The van der Waals surface area contributed by atoms with Crippen molar-refractivity contribution in [3.63, 3.8) is 0 Å². The number of fused-ring (bicyclic) bond motifs is 1. The van der Waals surface area contributed by atoms with E-state index in [0.717, 1.165) is 32.1 Å². The van der Waals surface area contributed by atoms with Crippen LogP contribution in [0, 0.1) is 17.3 Å². The van der Waals surface area contributed by atoms with Gasteiger partial charge in [0.15, 0.2) is 0 Å². The molecule has 4 fully saturated rings. The van der Waals surface area contributed by atoms with Crippen molar-refractivity contribution in [2.24, 2.45) is 17.3 Å². The van der Waals surface area contributed by atoms with Crippen molar-refractivity contribution >= 4 is 28.4 Å². The lowest BCUT2D eigenvalue weighted by molar-refractivity contribution is -0.155. The zero-order valence-corrected chi connectivity index (χ0v) is 16.3. The molecule has 1 aromatic carbocycles. The van der Waals surface area contributed by atoms with E-state index in [0.29, 0.717) is 35.1 Å². The Hall–Kier alpha value is -1.88. The molecule has 0 radical (unpaired) electrons. The number of rotatable bonds is 3. The normalized spacial score (nSPS) is 34.1. The third-order valence-corrected chi connectivity index (χ3v) is 7.28. The van der Waals surface area contributed by atoms with Crippen LogP contribution >= 0.6 is 11.6 Å². The lowest BCUT2D eigenvalue weighted by Crippen LogP contribution is -2.58. The predicted octanol–water partition coefficient (Wildman–Crippen LogP) is 3.46. The highest BCUT2D eigenvalue weighted by atomic mass is 35.5. The van der Waals surface area contributed by atoms with E-state index < -0.39 is 0 Å². The molecule has 2 unspecified atom stereocenters. The number of H-pyrrole nitrogens is 1. The number of alkyl halides is 1. The molecule has 4 saturated carbocycles.